The van der Waals surface area contributed by atoms with Gasteiger partial charge in [-0.2, -0.15) is 0 Å². The second-order valence-electron chi connectivity index (χ2n) is 4.75. The Balaban J connectivity index is 3.31. The van der Waals surface area contributed by atoms with Gasteiger partial charge in [0.1, 0.15) is 0 Å². The Hall–Kier alpha value is -1.50. The van der Waals surface area contributed by atoms with Crippen LogP contribution in [0.4, 0.5) is 11.4 Å². The molecule has 0 saturated carbocycles. The molecule has 0 aromatic heterocycles. The van der Waals surface area contributed by atoms with Crippen LogP contribution in [0.15, 0.2) is 12.1 Å². The molecule has 7 heteroatoms. The van der Waals surface area contributed by atoms with Gasteiger partial charge in [-0.3, -0.25) is 4.79 Å². The second-order valence-corrected chi connectivity index (χ2v) is 5.16. The molecule has 0 aliphatic heterocycles. The fourth-order valence-electron chi connectivity index (χ4n) is 2.17. The lowest BCUT2D eigenvalue weighted by atomic mass is 10.1. The van der Waals surface area contributed by atoms with Gasteiger partial charge in [0.2, 0.25) is 0 Å². The molecule has 0 aliphatic rings. The normalized spacial score (nSPS) is 12.2. The number of ether oxygens (including phenoxy) is 2. The van der Waals surface area contributed by atoms with E-state index in [9.17, 15) is 4.79 Å². The van der Waals surface area contributed by atoms with Crippen LogP contribution in [-0.4, -0.2) is 45.9 Å². The third kappa shape index (κ3) is 4.49. The van der Waals surface area contributed by atoms with Gasteiger partial charge < -0.3 is 25.8 Å². The van der Waals surface area contributed by atoms with E-state index in [1.165, 1.54) is 6.07 Å². The summed E-state index contributed by atoms with van der Waals surface area (Å²) in [5.41, 5.74) is 12.4. The van der Waals surface area contributed by atoms with Gasteiger partial charge in [-0.05, 0) is 19.1 Å². The molecule has 0 aliphatic carbocycles. The molecule has 1 amide bonds. The van der Waals surface area contributed by atoms with Crippen LogP contribution in [0.5, 0.6) is 0 Å². The molecule has 21 heavy (non-hydrogen) atoms. The molecule has 1 aromatic rings. The maximum Gasteiger partial charge on any atom is 0.250 e. The molecule has 0 bridgehead atoms. The minimum absolute atomic E-state index is 0.00984. The summed E-state index contributed by atoms with van der Waals surface area (Å²) >= 11 is 6.29. The van der Waals surface area contributed by atoms with Crippen molar-refractivity contribution in [1.29, 1.82) is 0 Å². The highest BCUT2D eigenvalue weighted by Gasteiger charge is 2.23. The lowest BCUT2D eigenvalue weighted by Gasteiger charge is -2.33. The summed E-state index contributed by atoms with van der Waals surface area (Å²) in [7, 11) is 3.23. The molecule has 1 aromatic carbocycles. The van der Waals surface area contributed by atoms with Crippen LogP contribution in [0.3, 0.4) is 0 Å². The molecule has 1 rings (SSSR count). The van der Waals surface area contributed by atoms with Gasteiger partial charge in [-0.15, -0.1) is 0 Å². The molecule has 0 heterocycles. The zero-order valence-corrected chi connectivity index (χ0v) is 13.3. The monoisotopic (exact) mass is 315 g/mol. The molecule has 1 atom stereocenters. The summed E-state index contributed by atoms with van der Waals surface area (Å²) in [6.07, 6.45) is 0. The summed E-state index contributed by atoms with van der Waals surface area (Å²) < 4.78 is 10.3. The van der Waals surface area contributed by atoms with Gasteiger partial charge in [0.25, 0.3) is 5.91 Å². The van der Waals surface area contributed by atoms with E-state index in [0.717, 1.165) is 0 Å². The summed E-state index contributed by atoms with van der Waals surface area (Å²) in [5, 5.41) is 0.378. The number of nitrogens with two attached hydrogens (primary N) is 2. The van der Waals surface area contributed by atoms with Gasteiger partial charge in [0, 0.05) is 32.5 Å². The molecule has 0 radical (unpaired) electrons. The predicted molar refractivity (Wildman–Crippen MR) is 84.9 cm³/mol. The van der Waals surface area contributed by atoms with Crippen molar-refractivity contribution in [3.63, 3.8) is 0 Å². The number of amides is 1. The largest absolute Gasteiger partial charge is 0.399 e. The van der Waals surface area contributed by atoms with Crippen molar-refractivity contribution in [2.75, 3.05) is 44.6 Å². The maximum absolute atomic E-state index is 11.7. The van der Waals surface area contributed by atoms with Gasteiger partial charge in [0.15, 0.2) is 0 Å². The molecule has 0 fully saturated rings. The van der Waals surface area contributed by atoms with Crippen LogP contribution in [0, 0.1) is 0 Å². The van der Waals surface area contributed by atoms with Crippen molar-refractivity contribution < 1.29 is 14.3 Å². The number of benzene rings is 1. The summed E-state index contributed by atoms with van der Waals surface area (Å²) in [4.78, 5) is 13.6. The zero-order valence-electron chi connectivity index (χ0n) is 12.6. The number of halogens is 1. The van der Waals surface area contributed by atoms with E-state index in [4.69, 9.17) is 32.5 Å². The van der Waals surface area contributed by atoms with Gasteiger partial charge in [0.05, 0.1) is 29.5 Å². The Morgan fingerprint density at radius 3 is 2.57 bits per heavy atom. The average molecular weight is 316 g/mol. The highest BCUT2D eigenvalue weighted by Crippen LogP contribution is 2.33. The van der Waals surface area contributed by atoms with E-state index in [1.54, 1.807) is 20.3 Å². The molecule has 0 spiro atoms. The van der Waals surface area contributed by atoms with E-state index < -0.39 is 5.91 Å². The highest BCUT2D eigenvalue weighted by molar-refractivity contribution is 6.34. The number of anilines is 2. The Morgan fingerprint density at radius 2 is 2.05 bits per heavy atom. The fourth-order valence-corrected chi connectivity index (χ4v) is 2.51. The van der Waals surface area contributed by atoms with Crippen LogP contribution >= 0.6 is 11.6 Å². The minimum atomic E-state index is -0.578. The van der Waals surface area contributed by atoms with E-state index in [0.29, 0.717) is 41.7 Å². The molecule has 6 nitrogen and oxygen atoms in total. The molecule has 1 unspecified atom stereocenters. The highest BCUT2D eigenvalue weighted by atomic mass is 35.5. The topological polar surface area (TPSA) is 90.8 Å². The van der Waals surface area contributed by atoms with Crippen molar-refractivity contribution in [1.82, 2.24) is 0 Å². The van der Waals surface area contributed by atoms with Gasteiger partial charge in [-0.1, -0.05) is 11.6 Å². The van der Waals surface area contributed by atoms with E-state index >= 15 is 0 Å². The van der Waals surface area contributed by atoms with E-state index in [1.807, 2.05) is 11.8 Å². The van der Waals surface area contributed by atoms with Crippen LogP contribution < -0.4 is 16.4 Å². The van der Waals surface area contributed by atoms with Crippen LogP contribution in [0.2, 0.25) is 5.02 Å². The minimum Gasteiger partial charge on any atom is -0.399 e. The number of hydrogen-bond donors (Lipinski definition) is 2. The maximum atomic E-state index is 11.7. The number of primary amides is 1. The first kappa shape index (κ1) is 17.6. The van der Waals surface area contributed by atoms with Crippen LogP contribution in [0.25, 0.3) is 0 Å². The molecule has 118 valence electrons. The number of nitrogen functional groups attached to an aromatic ring is 1. The average Bonchev–Trinajstić information content (AvgIpc) is 2.40. The van der Waals surface area contributed by atoms with Crippen LogP contribution in [0.1, 0.15) is 17.3 Å². The number of carbonyl (C=O) groups is 1. The molecule has 0 saturated heterocycles. The standard InChI is InChI=1S/C14H22ClN3O3/c1-9(8-21-3)18(4-5-20-2)13-11(14(17)19)6-10(16)7-12(13)15/h6-7,9H,4-5,8,16H2,1-3H3,(H2,17,19). The third-order valence-corrected chi connectivity index (χ3v) is 3.40. The first-order chi connectivity index (χ1) is 9.92. The summed E-state index contributed by atoms with van der Waals surface area (Å²) in [6.45, 7) is 3.47. The Morgan fingerprint density at radius 1 is 1.38 bits per heavy atom. The van der Waals surface area contributed by atoms with E-state index in [2.05, 4.69) is 0 Å². The van der Waals surface area contributed by atoms with Crippen molar-refractivity contribution in [2.45, 2.75) is 13.0 Å². The first-order valence-electron chi connectivity index (χ1n) is 6.55. The number of methoxy groups -OCH3 is 2. The molecular formula is C14H22ClN3O3. The lowest BCUT2D eigenvalue weighted by molar-refractivity contribution is 0.1000. The van der Waals surface area contributed by atoms with Crippen LogP contribution in [-0.2, 0) is 9.47 Å². The molecular weight excluding hydrogens is 294 g/mol. The number of hydrogen-bond acceptors (Lipinski definition) is 5. The second kappa shape index (κ2) is 8.07. The third-order valence-electron chi connectivity index (χ3n) is 3.11. The zero-order chi connectivity index (χ0) is 16.0. The van der Waals surface area contributed by atoms with Crippen molar-refractivity contribution in [3.8, 4) is 0 Å². The lowest BCUT2D eigenvalue weighted by Crippen LogP contribution is -2.40. The SMILES string of the molecule is COCCN(c1c(Cl)cc(N)cc1C(N)=O)C(C)COC. The Labute approximate surface area is 129 Å². The molecule has 4 N–H and O–H groups in total. The van der Waals surface area contributed by atoms with Crippen molar-refractivity contribution >= 4 is 28.9 Å². The van der Waals surface area contributed by atoms with Gasteiger partial charge >= 0.3 is 0 Å². The predicted octanol–water partition coefficient (Wildman–Crippen LogP) is 1.51. The van der Waals surface area contributed by atoms with E-state index in [-0.39, 0.29) is 6.04 Å². The van der Waals surface area contributed by atoms with Gasteiger partial charge in [-0.25, -0.2) is 0 Å². The van der Waals surface area contributed by atoms with Crippen molar-refractivity contribution in [2.24, 2.45) is 5.73 Å². The number of carbonyl (C=O) groups excluding carboxylic acids is 1. The summed E-state index contributed by atoms with van der Waals surface area (Å²) in [6, 6.07) is 3.12. The summed E-state index contributed by atoms with van der Waals surface area (Å²) in [5.74, 6) is -0.578. The number of nitrogens with zero attached hydrogens (tertiary/aromatic N) is 1. The Kier molecular flexibility index (Phi) is 6.74. The first-order valence-corrected chi connectivity index (χ1v) is 6.93. The quantitative estimate of drug-likeness (QED) is 0.710. The smallest absolute Gasteiger partial charge is 0.250 e. The fraction of sp³-hybridized carbons (Fsp3) is 0.500. The van der Waals surface area contributed by atoms with Crippen molar-refractivity contribution in [3.05, 3.63) is 22.7 Å². The number of rotatable bonds is 8. The Bertz CT molecular complexity index is 497.